The highest BCUT2D eigenvalue weighted by molar-refractivity contribution is 5.94. The summed E-state index contributed by atoms with van der Waals surface area (Å²) in [5.41, 5.74) is 8.17. The van der Waals surface area contributed by atoms with Crippen LogP contribution in [0.2, 0.25) is 0 Å². The highest BCUT2D eigenvalue weighted by atomic mass is 16.2. The first-order chi connectivity index (χ1) is 9.74. The number of hydrogen-bond acceptors (Lipinski definition) is 2. The molecular formula is C17H24N2O. The van der Waals surface area contributed by atoms with Crippen molar-refractivity contribution < 1.29 is 4.79 Å². The molecule has 2 fully saturated rings. The normalized spacial score (nSPS) is 26.8. The Labute approximate surface area is 121 Å². The standard InChI is InChI=1S/C17H24N2O/c18-16-9-7-14(8-10-16)13-3-5-15(6-4-13)17(20)19-11-1-2-12-19/h3-6,14,16H,1-2,7-12,18H2. The van der Waals surface area contributed by atoms with Crippen molar-refractivity contribution in [2.45, 2.75) is 50.5 Å². The van der Waals surface area contributed by atoms with E-state index in [2.05, 4.69) is 12.1 Å². The number of carbonyl (C=O) groups is 1. The number of nitrogens with zero attached hydrogens (tertiary/aromatic N) is 1. The summed E-state index contributed by atoms with van der Waals surface area (Å²) >= 11 is 0. The first-order valence-corrected chi connectivity index (χ1v) is 7.89. The summed E-state index contributed by atoms with van der Waals surface area (Å²) in [7, 11) is 0. The molecule has 1 heterocycles. The average Bonchev–Trinajstić information content (AvgIpc) is 3.02. The van der Waals surface area contributed by atoms with Crippen molar-refractivity contribution in [1.29, 1.82) is 0 Å². The number of hydrogen-bond donors (Lipinski definition) is 1. The molecule has 1 saturated heterocycles. The van der Waals surface area contributed by atoms with Crippen molar-refractivity contribution in [3.8, 4) is 0 Å². The van der Waals surface area contributed by atoms with Crippen molar-refractivity contribution in [3.63, 3.8) is 0 Å². The maximum atomic E-state index is 12.3. The third kappa shape index (κ3) is 2.88. The number of amides is 1. The maximum Gasteiger partial charge on any atom is 0.253 e. The molecule has 1 aromatic carbocycles. The Morgan fingerprint density at radius 3 is 2.20 bits per heavy atom. The molecule has 0 aromatic heterocycles. The summed E-state index contributed by atoms with van der Waals surface area (Å²) in [5, 5.41) is 0. The van der Waals surface area contributed by atoms with Gasteiger partial charge in [-0.3, -0.25) is 4.79 Å². The Morgan fingerprint density at radius 2 is 1.60 bits per heavy atom. The van der Waals surface area contributed by atoms with E-state index in [0.717, 1.165) is 44.3 Å². The van der Waals surface area contributed by atoms with Crippen LogP contribution in [-0.2, 0) is 0 Å². The second kappa shape index (κ2) is 5.96. The van der Waals surface area contributed by atoms with Gasteiger partial charge in [0, 0.05) is 24.7 Å². The minimum absolute atomic E-state index is 0.194. The molecule has 2 aliphatic rings. The van der Waals surface area contributed by atoms with Gasteiger partial charge >= 0.3 is 0 Å². The van der Waals surface area contributed by atoms with Gasteiger partial charge in [0.25, 0.3) is 5.91 Å². The van der Waals surface area contributed by atoms with Crippen molar-refractivity contribution in [3.05, 3.63) is 35.4 Å². The minimum atomic E-state index is 0.194. The van der Waals surface area contributed by atoms with E-state index in [-0.39, 0.29) is 5.91 Å². The lowest BCUT2D eigenvalue weighted by molar-refractivity contribution is 0.0793. The van der Waals surface area contributed by atoms with E-state index in [1.165, 1.54) is 18.4 Å². The van der Waals surface area contributed by atoms with Crippen LogP contribution in [0.15, 0.2) is 24.3 Å². The molecule has 1 amide bonds. The van der Waals surface area contributed by atoms with Crippen LogP contribution in [0.5, 0.6) is 0 Å². The summed E-state index contributed by atoms with van der Waals surface area (Å²) in [6, 6.07) is 8.69. The molecule has 1 aromatic rings. The van der Waals surface area contributed by atoms with Crippen molar-refractivity contribution in [2.75, 3.05) is 13.1 Å². The van der Waals surface area contributed by atoms with Gasteiger partial charge in [-0.05, 0) is 62.1 Å². The fourth-order valence-corrected chi connectivity index (χ4v) is 3.45. The van der Waals surface area contributed by atoms with Crippen LogP contribution in [0.25, 0.3) is 0 Å². The lowest BCUT2D eigenvalue weighted by atomic mass is 9.82. The fraction of sp³-hybridized carbons (Fsp3) is 0.588. The summed E-state index contributed by atoms with van der Waals surface area (Å²) in [4.78, 5) is 14.3. The van der Waals surface area contributed by atoms with Gasteiger partial charge in [-0.15, -0.1) is 0 Å². The van der Waals surface area contributed by atoms with E-state index in [1.807, 2.05) is 17.0 Å². The van der Waals surface area contributed by atoms with Gasteiger partial charge in [0.05, 0.1) is 0 Å². The average molecular weight is 272 g/mol. The van der Waals surface area contributed by atoms with E-state index in [4.69, 9.17) is 5.73 Å². The molecule has 1 aliphatic heterocycles. The number of likely N-dealkylation sites (tertiary alicyclic amines) is 1. The smallest absolute Gasteiger partial charge is 0.253 e. The molecule has 108 valence electrons. The lowest BCUT2D eigenvalue weighted by Crippen LogP contribution is -2.27. The van der Waals surface area contributed by atoms with Crippen LogP contribution in [0.1, 0.15) is 60.4 Å². The van der Waals surface area contributed by atoms with E-state index >= 15 is 0 Å². The van der Waals surface area contributed by atoms with Crippen molar-refractivity contribution in [2.24, 2.45) is 5.73 Å². The molecule has 3 nitrogen and oxygen atoms in total. The van der Waals surface area contributed by atoms with Crippen LogP contribution < -0.4 is 5.73 Å². The molecule has 3 rings (SSSR count). The molecule has 20 heavy (non-hydrogen) atoms. The highest BCUT2D eigenvalue weighted by Crippen LogP contribution is 2.32. The molecular weight excluding hydrogens is 248 g/mol. The predicted molar refractivity (Wildman–Crippen MR) is 80.8 cm³/mol. The third-order valence-electron chi connectivity index (χ3n) is 4.79. The van der Waals surface area contributed by atoms with E-state index in [0.29, 0.717) is 12.0 Å². The zero-order chi connectivity index (χ0) is 13.9. The molecule has 2 N–H and O–H groups in total. The molecule has 0 radical (unpaired) electrons. The summed E-state index contributed by atoms with van der Waals surface area (Å²) in [5.74, 6) is 0.824. The molecule has 0 unspecified atom stereocenters. The molecule has 0 bridgehead atoms. The maximum absolute atomic E-state index is 12.3. The van der Waals surface area contributed by atoms with Gasteiger partial charge in [0.1, 0.15) is 0 Å². The Bertz CT molecular complexity index is 454. The number of benzene rings is 1. The second-order valence-electron chi connectivity index (χ2n) is 6.23. The van der Waals surface area contributed by atoms with E-state index < -0.39 is 0 Å². The van der Waals surface area contributed by atoms with Gasteiger partial charge in [-0.25, -0.2) is 0 Å². The SMILES string of the molecule is NC1CCC(c2ccc(C(=O)N3CCCC3)cc2)CC1. The van der Waals surface area contributed by atoms with Crippen molar-refractivity contribution >= 4 is 5.91 Å². The van der Waals surface area contributed by atoms with Gasteiger partial charge in [-0.2, -0.15) is 0 Å². The van der Waals surface area contributed by atoms with Gasteiger partial charge in [-0.1, -0.05) is 12.1 Å². The molecule has 0 spiro atoms. The van der Waals surface area contributed by atoms with Gasteiger partial charge in [0.15, 0.2) is 0 Å². The van der Waals surface area contributed by atoms with Gasteiger partial charge in [0.2, 0.25) is 0 Å². The zero-order valence-corrected chi connectivity index (χ0v) is 12.1. The van der Waals surface area contributed by atoms with Crippen LogP contribution in [-0.4, -0.2) is 29.9 Å². The first-order valence-electron chi connectivity index (χ1n) is 7.89. The molecule has 1 saturated carbocycles. The Kier molecular flexibility index (Phi) is 4.06. The van der Waals surface area contributed by atoms with E-state index in [1.54, 1.807) is 0 Å². The quantitative estimate of drug-likeness (QED) is 0.899. The minimum Gasteiger partial charge on any atom is -0.339 e. The Morgan fingerprint density at radius 1 is 1.00 bits per heavy atom. The number of nitrogens with two attached hydrogens (primary N) is 1. The van der Waals surface area contributed by atoms with Crippen molar-refractivity contribution in [1.82, 2.24) is 4.90 Å². The zero-order valence-electron chi connectivity index (χ0n) is 12.1. The molecule has 0 atom stereocenters. The highest BCUT2D eigenvalue weighted by Gasteiger charge is 2.22. The lowest BCUT2D eigenvalue weighted by Gasteiger charge is -2.26. The Balaban J connectivity index is 1.66. The third-order valence-corrected chi connectivity index (χ3v) is 4.79. The summed E-state index contributed by atoms with van der Waals surface area (Å²) in [6.45, 7) is 1.84. The van der Waals surface area contributed by atoms with Gasteiger partial charge < -0.3 is 10.6 Å². The van der Waals surface area contributed by atoms with E-state index in [9.17, 15) is 4.79 Å². The topological polar surface area (TPSA) is 46.3 Å². The number of rotatable bonds is 2. The van der Waals surface area contributed by atoms with Crippen LogP contribution in [0, 0.1) is 0 Å². The Hall–Kier alpha value is -1.35. The number of carbonyl (C=O) groups excluding carboxylic acids is 1. The monoisotopic (exact) mass is 272 g/mol. The summed E-state index contributed by atoms with van der Waals surface area (Å²) in [6.07, 6.45) is 6.90. The second-order valence-corrected chi connectivity index (χ2v) is 6.23. The molecule has 1 aliphatic carbocycles. The van der Waals surface area contributed by atoms with Crippen LogP contribution in [0.3, 0.4) is 0 Å². The predicted octanol–water partition coefficient (Wildman–Crippen LogP) is 2.91. The van der Waals surface area contributed by atoms with Crippen LogP contribution >= 0.6 is 0 Å². The largest absolute Gasteiger partial charge is 0.339 e. The van der Waals surface area contributed by atoms with Crippen LogP contribution in [0.4, 0.5) is 0 Å². The summed E-state index contributed by atoms with van der Waals surface area (Å²) < 4.78 is 0. The molecule has 3 heteroatoms. The first kappa shape index (κ1) is 13.6. The fourth-order valence-electron chi connectivity index (χ4n) is 3.45.